The molecule has 0 aromatic carbocycles. The summed E-state index contributed by atoms with van der Waals surface area (Å²) in [6, 6.07) is 8.94. The Hall–Kier alpha value is -3.17. The Kier molecular flexibility index (Phi) is 6.64. The van der Waals surface area contributed by atoms with E-state index in [-0.39, 0.29) is 24.1 Å². The standard InChI is InChI=1S/C25H30N4O5/c1-32-23-8-4-17-5-9-24(31)29(25(17)28-23)20(15-30)16-2-6-18(7-3-16)26-13-19-12-21-22(14-27-19)34-11-10-33-21/h4-5,8-9,12,14,16,18,20,26,30H,2-3,6-7,10-11,13,15H2,1H3. The second-order valence-corrected chi connectivity index (χ2v) is 8.87. The molecule has 1 aliphatic heterocycles. The van der Waals surface area contributed by atoms with E-state index in [9.17, 15) is 9.90 Å². The van der Waals surface area contributed by atoms with Crippen LogP contribution in [0.2, 0.25) is 0 Å². The number of ether oxygens (including phenoxy) is 3. The second-order valence-electron chi connectivity index (χ2n) is 8.87. The van der Waals surface area contributed by atoms with Crippen LogP contribution in [0.3, 0.4) is 0 Å². The summed E-state index contributed by atoms with van der Waals surface area (Å²) in [4.78, 5) is 21.8. The molecular weight excluding hydrogens is 436 g/mol. The van der Waals surface area contributed by atoms with Gasteiger partial charge in [0.2, 0.25) is 5.88 Å². The average Bonchev–Trinajstić information content (AvgIpc) is 2.89. The van der Waals surface area contributed by atoms with E-state index in [0.29, 0.717) is 43.1 Å². The number of rotatable bonds is 7. The molecular formula is C25H30N4O5. The normalized spacial score (nSPS) is 20.8. The van der Waals surface area contributed by atoms with Crippen LogP contribution in [0.5, 0.6) is 17.4 Å². The van der Waals surface area contributed by atoms with Crippen LogP contribution in [0.15, 0.2) is 41.3 Å². The Balaban J connectivity index is 1.25. The Bertz CT molecular complexity index is 1210. The van der Waals surface area contributed by atoms with E-state index in [2.05, 4.69) is 15.3 Å². The predicted molar refractivity (Wildman–Crippen MR) is 126 cm³/mol. The molecule has 1 atom stereocenters. The summed E-state index contributed by atoms with van der Waals surface area (Å²) in [6.45, 7) is 1.66. The molecule has 0 amide bonds. The molecule has 3 aromatic rings. The van der Waals surface area contributed by atoms with Crippen molar-refractivity contribution in [2.24, 2.45) is 5.92 Å². The minimum Gasteiger partial charge on any atom is -0.486 e. The molecule has 2 aliphatic rings. The highest BCUT2D eigenvalue weighted by Crippen LogP contribution is 2.34. The highest BCUT2D eigenvalue weighted by Gasteiger charge is 2.30. The monoisotopic (exact) mass is 466 g/mol. The predicted octanol–water partition coefficient (Wildman–Crippen LogP) is 2.45. The molecule has 1 aliphatic carbocycles. The van der Waals surface area contributed by atoms with Crippen LogP contribution in [0.25, 0.3) is 11.0 Å². The van der Waals surface area contributed by atoms with E-state index in [1.807, 2.05) is 12.1 Å². The van der Waals surface area contributed by atoms with Gasteiger partial charge in [-0.15, -0.1) is 0 Å². The molecule has 34 heavy (non-hydrogen) atoms. The Morgan fingerprint density at radius 2 is 1.91 bits per heavy atom. The lowest BCUT2D eigenvalue weighted by atomic mass is 9.81. The first-order valence-electron chi connectivity index (χ1n) is 11.8. The molecule has 180 valence electrons. The summed E-state index contributed by atoms with van der Waals surface area (Å²) in [5, 5.41) is 14.7. The molecule has 2 N–H and O–H groups in total. The smallest absolute Gasteiger partial charge is 0.252 e. The Labute approximate surface area is 197 Å². The van der Waals surface area contributed by atoms with Crippen molar-refractivity contribution in [3.05, 3.63) is 52.6 Å². The van der Waals surface area contributed by atoms with E-state index >= 15 is 0 Å². The van der Waals surface area contributed by atoms with Gasteiger partial charge < -0.3 is 24.6 Å². The fourth-order valence-electron chi connectivity index (χ4n) is 5.03. The summed E-state index contributed by atoms with van der Waals surface area (Å²) in [5.74, 6) is 2.08. The molecule has 1 unspecified atom stereocenters. The van der Waals surface area contributed by atoms with Gasteiger partial charge in [-0.2, -0.15) is 4.98 Å². The van der Waals surface area contributed by atoms with Crippen LogP contribution in [0, 0.1) is 5.92 Å². The lowest BCUT2D eigenvalue weighted by Gasteiger charge is -2.34. The van der Waals surface area contributed by atoms with Gasteiger partial charge in [0.25, 0.3) is 5.56 Å². The molecule has 9 nitrogen and oxygen atoms in total. The zero-order chi connectivity index (χ0) is 23.5. The number of aliphatic hydroxyl groups excluding tert-OH is 1. The van der Waals surface area contributed by atoms with Crippen LogP contribution in [-0.4, -0.2) is 52.6 Å². The van der Waals surface area contributed by atoms with Gasteiger partial charge in [-0.1, -0.05) is 0 Å². The third-order valence-corrected chi connectivity index (χ3v) is 6.85. The summed E-state index contributed by atoms with van der Waals surface area (Å²) < 4.78 is 18.1. The van der Waals surface area contributed by atoms with Crippen molar-refractivity contribution in [3.8, 4) is 17.4 Å². The molecule has 0 spiro atoms. The number of hydrogen-bond donors (Lipinski definition) is 2. The highest BCUT2D eigenvalue weighted by atomic mass is 16.6. The molecule has 3 aromatic heterocycles. The van der Waals surface area contributed by atoms with E-state index < -0.39 is 0 Å². The average molecular weight is 467 g/mol. The van der Waals surface area contributed by atoms with Crippen molar-refractivity contribution in [3.63, 3.8) is 0 Å². The number of aliphatic hydroxyl groups is 1. The van der Waals surface area contributed by atoms with Crippen molar-refractivity contribution >= 4 is 11.0 Å². The topological polar surface area (TPSA) is 108 Å². The van der Waals surface area contributed by atoms with Crippen LogP contribution in [-0.2, 0) is 6.54 Å². The SMILES string of the molecule is COc1ccc2ccc(=O)n(C(CO)C3CCC(NCc4cc5c(cn4)OCCO5)CC3)c2n1. The molecule has 0 saturated heterocycles. The number of pyridine rings is 3. The lowest BCUT2D eigenvalue weighted by molar-refractivity contribution is 0.142. The van der Waals surface area contributed by atoms with Gasteiger partial charge in [0.15, 0.2) is 11.5 Å². The number of methoxy groups -OCH3 is 1. The zero-order valence-corrected chi connectivity index (χ0v) is 19.3. The van der Waals surface area contributed by atoms with Gasteiger partial charge in [-0.25, -0.2) is 0 Å². The second kappa shape index (κ2) is 9.99. The van der Waals surface area contributed by atoms with Crippen molar-refractivity contribution in [1.29, 1.82) is 0 Å². The molecule has 5 rings (SSSR count). The first kappa shape index (κ1) is 22.6. The summed E-state index contributed by atoms with van der Waals surface area (Å²) in [5.41, 5.74) is 1.31. The zero-order valence-electron chi connectivity index (χ0n) is 19.3. The third kappa shape index (κ3) is 4.58. The van der Waals surface area contributed by atoms with Crippen molar-refractivity contribution < 1.29 is 19.3 Å². The maximum atomic E-state index is 12.8. The molecule has 4 heterocycles. The number of nitrogens with one attached hydrogen (secondary N) is 1. The molecule has 1 fully saturated rings. The van der Waals surface area contributed by atoms with Crippen molar-refractivity contribution in [1.82, 2.24) is 19.9 Å². The number of aromatic nitrogens is 3. The quantitative estimate of drug-likeness (QED) is 0.547. The molecule has 9 heteroatoms. The largest absolute Gasteiger partial charge is 0.486 e. The van der Waals surface area contributed by atoms with Crippen molar-refractivity contribution in [2.45, 2.75) is 44.3 Å². The minimum absolute atomic E-state index is 0.109. The lowest BCUT2D eigenvalue weighted by Crippen LogP contribution is -2.38. The highest BCUT2D eigenvalue weighted by molar-refractivity contribution is 5.75. The van der Waals surface area contributed by atoms with Gasteiger partial charge in [0, 0.05) is 36.2 Å². The summed E-state index contributed by atoms with van der Waals surface area (Å²) >= 11 is 0. The molecule has 0 radical (unpaired) electrons. The van der Waals surface area contributed by atoms with Crippen LogP contribution in [0.1, 0.15) is 37.4 Å². The first-order valence-corrected chi connectivity index (χ1v) is 11.8. The van der Waals surface area contributed by atoms with Gasteiger partial charge in [0.1, 0.15) is 18.9 Å². The van der Waals surface area contributed by atoms with Gasteiger partial charge >= 0.3 is 0 Å². The maximum absolute atomic E-state index is 12.8. The molecule has 0 bridgehead atoms. The van der Waals surface area contributed by atoms with Gasteiger partial charge in [0.05, 0.1) is 31.6 Å². The summed E-state index contributed by atoms with van der Waals surface area (Å²) in [7, 11) is 1.55. The van der Waals surface area contributed by atoms with Crippen LogP contribution >= 0.6 is 0 Å². The number of nitrogens with zero attached hydrogens (tertiary/aromatic N) is 3. The maximum Gasteiger partial charge on any atom is 0.252 e. The minimum atomic E-state index is -0.323. The number of fused-ring (bicyclic) bond motifs is 2. The summed E-state index contributed by atoms with van der Waals surface area (Å²) in [6.07, 6.45) is 5.46. The molecule has 1 saturated carbocycles. The Morgan fingerprint density at radius 1 is 1.15 bits per heavy atom. The van der Waals surface area contributed by atoms with Gasteiger partial charge in [-0.3, -0.25) is 14.3 Å². The van der Waals surface area contributed by atoms with E-state index in [1.54, 1.807) is 36.1 Å². The third-order valence-electron chi connectivity index (χ3n) is 6.85. The Morgan fingerprint density at radius 3 is 2.68 bits per heavy atom. The van der Waals surface area contributed by atoms with Crippen molar-refractivity contribution in [2.75, 3.05) is 26.9 Å². The van der Waals surface area contributed by atoms with Crippen LogP contribution < -0.4 is 25.1 Å². The van der Waals surface area contributed by atoms with E-state index in [4.69, 9.17) is 14.2 Å². The van der Waals surface area contributed by atoms with Crippen LogP contribution in [0.4, 0.5) is 0 Å². The van der Waals surface area contributed by atoms with E-state index in [1.165, 1.54) is 0 Å². The fraction of sp³-hybridized carbons (Fsp3) is 0.480. The first-order chi connectivity index (χ1) is 16.7. The van der Waals surface area contributed by atoms with E-state index in [0.717, 1.165) is 42.5 Å². The fourth-order valence-corrected chi connectivity index (χ4v) is 5.03. The van der Waals surface area contributed by atoms with Gasteiger partial charge in [-0.05, 0) is 43.7 Å². The number of hydrogen-bond acceptors (Lipinski definition) is 8.